The second-order valence-electron chi connectivity index (χ2n) is 29.2. The van der Waals surface area contributed by atoms with Crippen LogP contribution in [0.25, 0.3) is 0 Å². The molecule has 2 unspecified atom stereocenters. The molecule has 0 aliphatic heterocycles. The fourth-order valence-electron chi connectivity index (χ4n) is 13.6. The minimum Gasteiger partial charge on any atom is -0.466 e. The Labute approximate surface area is 571 Å². The fraction of sp³-hybridized carbons (Fsp3) is 0.929. The Bertz CT molecular complexity index is 1430. The summed E-state index contributed by atoms with van der Waals surface area (Å²) in [5.41, 5.74) is 0. The molecule has 540 valence electrons. The van der Waals surface area contributed by atoms with E-state index in [4.69, 9.17) is 4.74 Å². The third-order valence-electron chi connectivity index (χ3n) is 20.0. The lowest BCUT2D eigenvalue weighted by Crippen LogP contribution is -2.45. The number of aliphatic hydroxyl groups is 2. The van der Waals surface area contributed by atoms with E-state index in [1.54, 1.807) is 0 Å². The minimum atomic E-state index is -0.662. The zero-order valence-electron chi connectivity index (χ0n) is 62.1. The number of esters is 1. The first kappa shape index (κ1) is 89.3. The van der Waals surface area contributed by atoms with E-state index in [1.807, 2.05) is 0 Å². The zero-order chi connectivity index (χ0) is 65.6. The van der Waals surface area contributed by atoms with Crippen molar-refractivity contribution in [2.75, 3.05) is 13.2 Å². The van der Waals surface area contributed by atoms with Gasteiger partial charge in [-0.2, -0.15) is 0 Å². The second kappa shape index (κ2) is 80.8. The summed E-state index contributed by atoms with van der Waals surface area (Å²) in [4.78, 5) is 24.6. The van der Waals surface area contributed by atoms with Gasteiger partial charge >= 0.3 is 5.97 Å². The monoisotopic (exact) mass is 1280 g/mol. The molecule has 3 N–H and O–H groups in total. The Morgan fingerprint density at radius 2 is 0.516 bits per heavy atom. The average Bonchev–Trinajstić information content (AvgIpc) is 3.66. The largest absolute Gasteiger partial charge is 0.466 e. The molecule has 0 aliphatic carbocycles. The first-order valence-electron chi connectivity index (χ1n) is 42.1. The highest BCUT2D eigenvalue weighted by Crippen LogP contribution is 2.21. The molecule has 0 aromatic heterocycles. The molecule has 0 aromatic carbocycles. The number of nitrogens with one attached hydrogen (secondary N) is 1. The molecule has 91 heavy (non-hydrogen) atoms. The summed E-state index contributed by atoms with van der Waals surface area (Å²) in [5.74, 6) is -0.0101. The first-order valence-corrected chi connectivity index (χ1v) is 42.1. The molecular weight excluding hydrogens is 1110 g/mol. The molecule has 2 atom stereocenters. The lowest BCUT2D eigenvalue weighted by molar-refractivity contribution is -0.143. The van der Waals surface area contributed by atoms with E-state index in [0.717, 1.165) is 44.9 Å². The SMILES string of the molecule is CCCCCCC/C=C\CCCCCCCC(=O)OCCCCCCCCCCCCCCCCCCCC/C=C\CCCCCCCCCCCCCCCCCCCC(=O)NC(CO)C(O)CCCCCCCCCCCCCCCCCCCCCCC. The van der Waals surface area contributed by atoms with E-state index in [1.165, 1.54) is 405 Å². The normalized spacial score (nSPS) is 12.5. The Morgan fingerprint density at radius 1 is 0.297 bits per heavy atom. The van der Waals surface area contributed by atoms with E-state index in [0.29, 0.717) is 25.9 Å². The molecule has 0 bridgehead atoms. The molecule has 0 spiro atoms. The summed E-state index contributed by atoms with van der Waals surface area (Å²) in [6, 6.07) is -0.539. The number of hydrogen-bond acceptors (Lipinski definition) is 5. The lowest BCUT2D eigenvalue weighted by atomic mass is 10.0. The van der Waals surface area contributed by atoms with E-state index in [2.05, 4.69) is 43.5 Å². The van der Waals surface area contributed by atoms with Crippen molar-refractivity contribution in [1.29, 1.82) is 0 Å². The zero-order valence-corrected chi connectivity index (χ0v) is 62.1. The number of ether oxygens (including phenoxy) is 1. The van der Waals surface area contributed by atoms with E-state index in [-0.39, 0.29) is 18.5 Å². The van der Waals surface area contributed by atoms with Crippen molar-refractivity contribution in [3.8, 4) is 0 Å². The van der Waals surface area contributed by atoms with Gasteiger partial charge in [-0.1, -0.05) is 417 Å². The molecule has 0 fully saturated rings. The van der Waals surface area contributed by atoms with Crippen LogP contribution >= 0.6 is 0 Å². The van der Waals surface area contributed by atoms with Crippen molar-refractivity contribution in [1.82, 2.24) is 5.32 Å². The smallest absolute Gasteiger partial charge is 0.305 e. The number of amides is 1. The maximum atomic E-state index is 12.6. The predicted octanol–water partition coefficient (Wildman–Crippen LogP) is 28.0. The summed E-state index contributed by atoms with van der Waals surface area (Å²) in [7, 11) is 0. The number of allylic oxidation sites excluding steroid dienone is 4. The van der Waals surface area contributed by atoms with Crippen LogP contribution in [-0.2, 0) is 14.3 Å². The van der Waals surface area contributed by atoms with Crippen LogP contribution in [0.1, 0.15) is 483 Å². The topological polar surface area (TPSA) is 95.9 Å². The van der Waals surface area contributed by atoms with E-state index in [9.17, 15) is 19.8 Å². The number of carbonyl (C=O) groups excluding carboxylic acids is 2. The lowest BCUT2D eigenvalue weighted by Gasteiger charge is -2.22. The van der Waals surface area contributed by atoms with Crippen molar-refractivity contribution in [2.45, 2.75) is 495 Å². The van der Waals surface area contributed by atoms with Crippen LogP contribution in [0, 0.1) is 0 Å². The Kier molecular flexibility index (Phi) is 79.3. The molecule has 0 rings (SSSR count). The quantitative estimate of drug-likeness (QED) is 0.0320. The predicted molar refractivity (Wildman–Crippen MR) is 403 cm³/mol. The second-order valence-corrected chi connectivity index (χ2v) is 29.2. The number of rotatable bonds is 80. The Morgan fingerprint density at radius 3 is 0.780 bits per heavy atom. The van der Waals surface area contributed by atoms with Crippen LogP contribution in [-0.4, -0.2) is 47.4 Å². The van der Waals surface area contributed by atoms with Gasteiger partial charge < -0.3 is 20.3 Å². The van der Waals surface area contributed by atoms with Crippen molar-refractivity contribution in [3.63, 3.8) is 0 Å². The van der Waals surface area contributed by atoms with E-state index < -0.39 is 12.1 Å². The number of carbonyl (C=O) groups is 2. The summed E-state index contributed by atoms with van der Waals surface area (Å²) in [6.45, 7) is 5.00. The fourth-order valence-corrected chi connectivity index (χ4v) is 13.6. The van der Waals surface area contributed by atoms with Crippen LogP contribution in [0.2, 0.25) is 0 Å². The number of aliphatic hydroxyl groups excluding tert-OH is 2. The molecule has 0 heterocycles. The molecule has 6 nitrogen and oxygen atoms in total. The first-order chi connectivity index (χ1) is 45.0. The molecule has 0 radical (unpaired) electrons. The maximum Gasteiger partial charge on any atom is 0.305 e. The van der Waals surface area contributed by atoms with E-state index >= 15 is 0 Å². The number of unbranched alkanes of at least 4 members (excludes halogenated alkanes) is 65. The molecule has 6 heteroatoms. The summed E-state index contributed by atoms with van der Waals surface area (Å²) in [6.07, 6.45) is 104. The van der Waals surface area contributed by atoms with Crippen LogP contribution in [0.5, 0.6) is 0 Å². The standard InChI is InChI=1S/C85H165NO5/c1-3-5-7-9-11-13-15-17-19-20-21-41-44-47-50-53-57-61-65-69-73-77-83(88)82(81-87)86-84(89)78-74-70-66-62-58-54-51-48-45-42-39-37-35-33-31-29-27-25-23-22-24-26-28-30-32-34-36-38-40-43-46-49-52-56-60-64-68-72-76-80-91-85(90)79-75-71-67-63-59-55-18-16-14-12-10-8-6-4-2/h16,18,22-23,82-83,87-88H,3-15,17,19-21,24-81H2,1-2H3,(H,86,89)/b18-16-,23-22-. The van der Waals surface area contributed by atoms with Gasteiger partial charge in [-0.05, 0) is 77.0 Å². The molecule has 0 saturated carbocycles. The van der Waals surface area contributed by atoms with Gasteiger partial charge in [0, 0.05) is 12.8 Å². The maximum absolute atomic E-state index is 12.6. The highest BCUT2D eigenvalue weighted by molar-refractivity contribution is 5.76. The molecule has 0 aliphatic rings. The summed E-state index contributed by atoms with van der Waals surface area (Å²) >= 11 is 0. The van der Waals surface area contributed by atoms with Gasteiger partial charge in [0.15, 0.2) is 0 Å². The average molecular weight is 1280 g/mol. The molecule has 1 amide bonds. The highest BCUT2D eigenvalue weighted by atomic mass is 16.5. The van der Waals surface area contributed by atoms with Gasteiger partial charge in [0.2, 0.25) is 5.91 Å². The van der Waals surface area contributed by atoms with Gasteiger partial charge in [-0.15, -0.1) is 0 Å². The highest BCUT2D eigenvalue weighted by Gasteiger charge is 2.20. The third-order valence-corrected chi connectivity index (χ3v) is 20.0. The van der Waals surface area contributed by atoms with Gasteiger partial charge in [0.25, 0.3) is 0 Å². The summed E-state index contributed by atoms with van der Waals surface area (Å²) < 4.78 is 5.50. The minimum absolute atomic E-state index is 0.0149. The van der Waals surface area contributed by atoms with Crippen LogP contribution < -0.4 is 5.32 Å². The van der Waals surface area contributed by atoms with Crippen LogP contribution in [0.15, 0.2) is 24.3 Å². The van der Waals surface area contributed by atoms with Gasteiger partial charge in [-0.3, -0.25) is 9.59 Å². The van der Waals surface area contributed by atoms with Crippen molar-refractivity contribution in [2.24, 2.45) is 0 Å². The Hall–Kier alpha value is -1.66. The van der Waals surface area contributed by atoms with Gasteiger partial charge in [-0.25, -0.2) is 0 Å². The Balaban J connectivity index is 3.32. The van der Waals surface area contributed by atoms with Gasteiger partial charge in [0.1, 0.15) is 0 Å². The molecule has 0 aromatic rings. The molecule has 0 saturated heterocycles. The molecular formula is C85H165NO5. The third kappa shape index (κ3) is 77.2. The van der Waals surface area contributed by atoms with Crippen molar-refractivity contribution in [3.05, 3.63) is 24.3 Å². The van der Waals surface area contributed by atoms with Crippen molar-refractivity contribution >= 4 is 11.9 Å². The van der Waals surface area contributed by atoms with Crippen LogP contribution in [0.3, 0.4) is 0 Å². The van der Waals surface area contributed by atoms with Crippen LogP contribution in [0.4, 0.5) is 0 Å². The van der Waals surface area contributed by atoms with Gasteiger partial charge in [0.05, 0.1) is 25.4 Å². The number of hydrogen-bond donors (Lipinski definition) is 3. The van der Waals surface area contributed by atoms with Crippen molar-refractivity contribution < 1.29 is 24.5 Å². The summed E-state index contributed by atoms with van der Waals surface area (Å²) in [5, 5.41) is 23.5.